The summed E-state index contributed by atoms with van der Waals surface area (Å²) in [6.07, 6.45) is 0.435. The Bertz CT molecular complexity index is 798. The van der Waals surface area contributed by atoms with Gasteiger partial charge in [-0.2, -0.15) is 0 Å². The highest BCUT2D eigenvalue weighted by molar-refractivity contribution is 7.91. The molecule has 0 spiro atoms. The van der Waals surface area contributed by atoms with Crippen LogP contribution in [0.15, 0.2) is 24.3 Å². The Morgan fingerprint density at radius 2 is 1.80 bits per heavy atom. The molecule has 7 nitrogen and oxygen atoms in total. The lowest BCUT2D eigenvalue weighted by molar-refractivity contribution is -0.132. The summed E-state index contributed by atoms with van der Waals surface area (Å²) in [7, 11) is -3.08. The van der Waals surface area contributed by atoms with Crippen molar-refractivity contribution in [2.24, 2.45) is 0 Å². The number of nitrogens with zero attached hydrogens (tertiary/aromatic N) is 2. The molecule has 2 aliphatic rings. The fraction of sp³-hybridized carbons (Fsp3) is 0.471. The molecule has 1 fully saturated rings. The topological polar surface area (TPSA) is 91.8 Å². The second-order valence-corrected chi connectivity index (χ2v) is 8.52. The van der Waals surface area contributed by atoms with Gasteiger partial charge in [0.2, 0.25) is 5.91 Å². The second-order valence-electron chi connectivity index (χ2n) is 6.29. The van der Waals surface area contributed by atoms with E-state index in [4.69, 9.17) is 0 Å². The molecular formula is C17H20N2O5S. The van der Waals surface area contributed by atoms with E-state index in [-0.39, 0.29) is 48.2 Å². The Labute approximate surface area is 146 Å². The van der Waals surface area contributed by atoms with E-state index in [9.17, 15) is 22.8 Å². The van der Waals surface area contributed by atoms with Gasteiger partial charge in [0.05, 0.1) is 22.6 Å². The Kier molecular flexibility index (Phi) is 4.64. The highest BCUT2D eigenvalue weighted by atomic mass is 32.2. The van der Waals surface area contributed by atoms with Crippen molar-refractivity contribution < 1.29 is 22.8 Å². The van der Waals surface area contributed by atoms with Gasteiger partial charge in [-0.25, -0.2) is 8.42 Å². The predicted molar refractivity (Wildman–Crippen MR) is 90.9 cm³/mol. The number of hydrogen-bond donors (Lipinski definition) is 0. The fourth-order valence-corrected chi connectivity index (χ4v) is 5.18. The summed E-state index contributed by atoms with van der Waals surface area (Å²) >= 11 is 0. The SMILES string of the molecule is CCN(C(=O)CCN1C(=O)c2ccccc2C1=O)C1CCS(=O)(=O)C1. The molecule has 0 aromatic heterocycles. The molecule has 2 aliphatic heterocycles. The van der Waals surface area contributed by atoms with Crippen LogP contribution in [0.5, 0.6) is 0 Å². The lowest BCUT2D eigenvalue weighted by atomic mass is 10.1. The lowest BCUT2D eigenvalue weighted by Crippen LogP contribution is -2.43. The van der Waals surface area contributed by atoms with Crippen molar-refractivity contribution >= 4 is 27.6 Å². The summed E-state index contributed by atoms with van der Waals surface area (Å²) < 4.78 is 23.3. The summed E-state index contributed by atoms with van der Waals surface area (Å²) in [5.41, 5.74) is 0.711. The molecule has 1 aromatic carbocycles. The number of benzene rings is 1. The summed E-state index contributed by atoms with van der Waals surface area (Å²) in [5.74, 6) is -0.930. The first kappa shape index (κ1) is 17.6. The van der Waals surface area contributed by atoms with Gasteiger partial charge in [-0.15, -0.1) is 0 Å². The van der Waals surface area contributed by atoms with Crippen molar-refractivity contribution in [3.8, 4) is 0 Å². The van der Waals surface area contributed by atoms with Gasteiger partial charge in [0.25, 0.3) is 11.8 Å². The van der Waals surface area contributed by atoms with E-state index in [1.807, 2.05) is 0 Å². The number of carbonyl (C=O) groups is 3. The maximum absolute atomic E-state index is 12.5. The van der Waals surface area contributed by atoms with Crippen LogP contribution >= 0.6 is 0 Å². The van der Waals surface area contributed by atoms with Gasteiger partial charge < -0.3 is 4.90 Å². The lowest BCUT2D eigenvalue weighted by Gasteiger charge is -2.27. The average Bonchev–Trinajstić information content (AvgIpc) is 3.05. The Hall–Kier alpha value is -2.22. The fourth-order valence-electron chi connectivity index (χ4n) is 3.45. The summed E-state index contributed by atoms with van der Waals surface area (Å²) in [6, 6.07) is 6.26. The van der Waals surface area contributed by atoms with Gasteiger partial charge in [0.15, 0.2) is 9.84 Å². The van der Waals surface area contributed by atoms with Crippen LogP contribution in [0.4, 0.5) is 0 Å². The molecule has 1 aromatic rings. The zero-order valence-corrected chi connectivity index (χ0v) is 14.8. The zero-order chi connectivity index (χ0) is 18.2. The second kappa shape index (κ2) is 6.59. The molecule has 0 aliphatic carbocycles. The molecule has 25 heavy (non-hydrogen) atoms. The first-order valence-corrected chi connectivity index (χ1v) is 10.1. The molecule has 0 saturated carbocycles. The molecule has 0 radical (unpaired) electrons. The van der Waals surface area contributed by atoms with E-state index < -0.39 is 9.84 Å². The van der Waals surface area contributed by atoms with Crippen LogP contribution in [-0.2, 0) is 14.6 Å². The maximum Gasteiger partial charge on any atom is 0.261 e. The number of hydrogen-bond acceptors (Lipinski definition) is 5. The average molecular weight is 364 g/mol. The van der Waals surface area contributed by atoms with Crippen molar-refractivity contribution in [2.75, 3.05) is 24.6 Å². The van der Waals surface area contributed by atoms with E-state index in [0.717, 1.165) is 4.90 Å². The van der Waals surface area contributed by atoms with Gasteiger partial charge in [-0.05, 0) is 25.5 Å². The van der Waals surface area contributed by atoms with Crippen LogP contribution in [0.1, 0.15) is 40.5 Å². The van der Waals surface area contributed by atoms with Crippen LogP contribution in [-0.4, -0.2) is 66.6 Å². The monoisotopic (exact) mass is 364 g/mol. The Balaban J connectivity index is 1.64. The van der Waals surface area contributed by atoms with Crippen LogP contribution in [0.2, 0.25) is 0 Å². The number of imide groups is 1. The Morgan fingerprint density at radius 1 is 1.20 bits per heavy atom. The minimum absolute atomic E-state index is 0.00114. The van der Waals surface area contributed by atoms with Crippen molar-refractivity contribution in [1.29, 1.82) is 0 Å². The van der Waals surface area contributed by atoms with Gasteiger partial charge in [0.1, 0.15) is 0 Å². The number of fused-ring (bicyclic) bond motifs is 1. The predicted octanol–water partition coefficient (Wildman–Crippen LogP) is 0.708. The summed E-state index contributed by atoms with van der Waals surface area (Å²) in [5, 5.41) is 0. The number of amides is 3. The first-order valence-electron chi connectivity index (χ1n) is 8.29. The van der Waals surface area contributed by atoms with Crippen LogP contribution in [0.25, 0.3) is 0 Å². The highest BCUT2D eigenvalue weighted by Gasteiger charge is 2.37. The van der Waals surface area contributed by atoms with Crippen molar-refractivity contribution in [2.45, 2.75) is 25.8 Å². The van der Waals surface area contributed by atoms with Crippen molar-refractivity contribution in [3.05, 3.63) is 35.4 Å². The van der Waals surface area contributed by atoms with Gasteiger partial charge in [-0.1, -0.05) is 12.1 Å². The third kappa shape index (κ3) is 3.30. The molecule has 134 valence electrons. The van der Waals surface area contributed by atoms with Crippen LogP contribution < -0.4 is 0 Å². The molecule has 1 saturated heterocycles. The van der Waals surface area contributed by atoms with Gasteiger partial charge in [0, 0.05) is 25.6 Å². The minimum atomic E-state index is -3.08. The van der Waals surface area contributed by atoms with E-state index in [2.05, 4.69) is 0 Å². The third-order valence-corrected chi connectivity index (χ3v) is 6.49. The van der Waals surface area contributed by atoms with Crippen molar-refractivity contribution in [3.63, 3.8) is 0 Å². The molecule has 0 N–H and O–H groups in total. The summed E-state index contributed by atoms with van der Waals surface area (Å²) in [4.78, 5) is 39.7. The van der Waals surface area contributed by atoms with Crippen LogP contribution in [0, 0.1) is 0 Å². The van der Waals surface area contributed by atoms with Crippen molar-refractivity contribution in [1.82, 2.24) is 9.80 Å². The van der Waals surface area contributed by atoms with Gasteiger partial charge >= 0.3 is 0 Å². The third-order valence-electron chi connectivity index (χ3n) is 4.74. The summed E-state index contributed by atoms with van der Waals surface area (Å²) in [6.45, 7) is 2.20. The normalized spacial score (nSPS) is 21.5. The Morgan fingerprint density at radius 3 is 2.28 bits per heavy atom. The molecular weight excluding hydrogens is 344 g/mol. The molecule has 2 heterocycles. The largest absolute Gasteiger partial charge is 0.339 e. The molecule has 1 atom stereocenters. The van der Waals surface area contributed by atoms with E-state index in [0.29, 0.717) is 24.1 Å². The molecule has 3 amide bonds. The maximum atomic E-state index is 12.5. The van der Waals surface area contributed by atoms with E-state index >= 15 is 0 Å². The molecule has 3 rings (SSSR count). The number of carbonyl (C=O) groups excluding carboxylic acids is 3. The van der Waals surface area contributed by atoms with E-state index in [1.54, 1.807) is 36.1 Å². The minimum Gasteiger partial charge on any atom is -0.339 e. The molecule has 0 bridgehead atoms. The number of sulfone groups is 1. The van der Waals surface area contributed by atoms with E-state index in [1.165, 1.54) is 0 Å². The number of rotatable bonds is 5. The zero-order valence-electron chi connectivity index (χ0n) is 14.0. The smallest absolute Gasteiger partial charge is 0.261 e. The van der Waals surface area contributed by atoms with Gasteiger partial charge in [-0.3, -0.25) is 19.3 Å². The molecule has 8 heteroatoms. The van der Waals surface area contributed by atoms with Crippen LogP contribution in [0.3, 0.4) is 0 Å². The quantitative estimate of drug-likeness (QED) is 0.718. The standard InChI is InChI=1S/C17H20N2O5S/c1-2-18(12-8-10-25(23,24)11-12)15(20)7-9-19-16(21)13-5-3-4-6-14(13)17(19)22/h3-6,12H,2,7-11H2,1H3. The first-order chi connectivity index (χ1) is 11.8. The highest BCUT2D eigenvalue weighted by Crippen LogP contribution is 2.23. The molecule has 1 unspecified atom stereocenters.